The van der Waals surface area contributed by atoms with E-state index in [4.69, 9.17) is 0 Å². The molecule has 0 saturated carbocycles. The molecule has 0 N–H and O–H groups in total. The van der Waals surface area contributed by atoms with Gasteiger partial charge in [-0.2, -0.15) is 0 Å². The molecule has 0 heterocycles. The number of thiol groups is 1. The summed E-state index contributed by atoms with van der Waals surface area (Å²) in [5, 5.41) is 0. The SMILES string of the molecule is C=C/C=C\C=C\C/C=C(F)\C(S)=C/C. The summed E-state index contributed by atoms with van der Waals surface area (Å²) in [6, 6.07) is 0. The number of hydrogen-bond donors (Lipinski definition) is 1. The second kappa shape index (κ2) is 8.57. The van der Waals surface area contributed by atoms with E-state index in [0.29, 0.717) is 11.3 Å². The van der Waals surface area contributed by atoms with Crippen LogP contribution >= 0.6 is 12.6 Å². The Hall–Kier alpha value is -1.02. The van der Waals surface area contributed by atoms with E-state index >= 15 is 0 Å². The fourth-order valence-corrected chi connectivity index (χ4v) is 0.805. The number of allylic oxidation sites excluding steroid dienone is 8. The molecule has 0 bridgehead atoms. The van der Waals surface area contributed by atoms with E-state index in [1.165, 1.54) is 6.08 Å². The Morgan fingerprint density at radius 2 is 2.07 bits per heavy atom. The van der Waals surface area contributed by atoms with Crippen LogP contribution in [0.25, 0.3) is 0 Å². The minimum Gasteiger partial charge on any atom is -0.206 e. The molecular formula is C12H15FS. The van der Waals surface area contributed by atoms with Crippen molar-refractivity contribution in [1.29, 1.82) is 0 Å². The van der Waals surface area contributed by atoms with E-state index in [9.17, 15) is 4.39 Å². The van der Waals surface area contributed by atoms with E-state index in [0.717, 1.165) is 0 Å². The van der Waals surface area contributed by atoms with Crippen LogP contribution in [0.15, 0.2) is 59.8 Å². The van der Waals surface area contributed by atoms with Gasteiger partial charge in [-0.3, -0.25) is 0 Å². The lowest BCUT2D eigenvalue weighted by Gasteiger charge is -1.92. The maximum Gasteiger partial charge on any atom is 0.132 e. The molecule has 0 amide bonds. The normalized spacial score (nSPS) is 14.2. The molecular weight excluding hydrogens is 195 g/mol. The van der Waals surface area contributed by atoms with Crippen molar-refractivity contribution in [2.24, 2.45) is 0 Å². The molecule has 0 aromatic carbocycles. The lowest BCUT2D eigenvalue weighted by molar-refractivity contribution is 0.659. The summed E-state index contributed by atoms with van der Waals surface area (Å²) in [5.41, 5.74) is 0. The van der Waals surface area contributed by atoms with Crippen molar-refractivity contribution in [3.05, 3.63) is 59.8 Å². The quantitative estimate of drug-likeness (QED) is 0.506. The summed E-state index contributed by atoms with van der Waals surface area (Å²) in [4.78, 5) is 0.375. The van der Waals surface area contributed by atoms with Crippen LogP contribution in [0.5, 0.6) is 0 Å². The second-order valence-corrected chi connectivity index (χ2v) is 2.99. The molecule has 0 unspecified atom stereocenters. The summed E-state index contributed by atoms with van der Waals surface area (Å²) in [7, 11) is 0. The Balaban J connectivity index is 3.99. The predicted molar refractivity (Wildman–Crippen MR) is 65.0 cm³/mol. The van der Waals surface area contributed by atoms with Crippen LogP contribution in [-0.2, 0) is 0 Å². The zero-order valence-corrected chi connectivity index (χ0v) is 9.18. The first kappa shape index (κ1) is 13.0. The second-order valence-electron chi connectivity index (χ2n) is 2.51. The topological polar surface area (TPSA) is 0 Å². The first-order valence-corrected chi connectivity index (χ1v) is 4.82. The molecule has 0 aromatic rings. The van der Waals surface area contributed by atoms with Gasteiger partial charge in [0.2, 0.25) is 0 Å². The highest BCUT2D eigenvalue weighted by molar-refractivity contribution is 7.84. The molecule has 0 aliphatic heterocycles. The van der Waals surface area contributed by atoms with Crippen molar-refractivity contribution in [1.82, 2.24) is 0 Å². The maximum atomic E-state index is 13.0. The summed E-state index contributed by atoms with van der Waals surface area (Å²) in [6.07, 6.45) is 12.7. The largest absolute Gasteiger partial charge is 0.206 e. The van der Waals surface area contributed by atoms with Gasteiger partial charge in [0, 0.05) is 4.91 Å². The smallest absolute Gasteiger partial charge is 0.132 e. The standard InChI is InChI=1S/C12H15FS/c1-3-5-6-7-8-9-10-11(13)12(14)4-2/h3-8,10,14H,1,9H2,2H3/b6-5-,8-7+,11-10+,12-4+. The van der Waals surface area contributed by atoms with E-state index in [2.05, 4.69) is 19.2 Å². The van der Waals surface area contributed by atoms with Gasteiger partial charge < -0.3 is 0 Å². The van der Waals surface area contributed by atoms with Crippen LogP contribution in [0.4, 0.5) is 4.39 Å². The van der Waals surface area contributed by atoms with Crippen molar-refractivity contribution in [2.45, 2.75) is 13.3 Å². The fraction of sp³-hybridized carbons (Fsp3) is 0.167. The Morgan fingerprint density at radius 3 is 2.64 bits per heavy atom. The zero-order valence-electron chi connectivity index (χ0n) is 8.28. The molecule has 2 heteroatoms. The van der Waals surface area contributed by atoms with Gasteiger partial charge in [-0.05, 0) is 19.4 Å². The third kappa shape index (κ3) is 6.49. The molecule has 0 saturated heterocycles. The van der Waals surface area contributed by atoms with Crippen molar-refractivity contribution in [2.75, 3.05) is 0 Å². The van der Waals surface area contributed by atoms with E-state index in [1.807, 2.05) is 24.3 Å². The van der Waals surface area contributed by atoms with Crippen LogP contribution in [0, 0.1) is 0 Å². The summed E-state index contributed by atoms with van der Waals surface area (Å²) in [5.74, 6) is -0.284. The number of rotatable bonds is 5. The monoisotopic (exact) mass is 210 g/mol. The Kier molecular flexibility index (Phi) is 7.95. The molecule has 0 atom stereocenters. The Labute approximate surface area is 90.6 Å². The van der Waals surface area contributed by atoms with Gasteiger partial charge in [-0.1, -0.05) is 43.0 Å². The van der Waals surface area contributed by atoms with Crippen LogP contribution in [-0.4, -0.2) is 0 Å². The molecule has 0 aliphatic rings. The maximum absolute atomic E-state index is 13.0. The van der Waals surface area contributed by atoms with Crippen molar-refractivity contribution < 1.29 is 4.39 Å². The lowest BCUT2D eigenvalue weighted by atomic mass is 10.3. The first-order chi connectivity index (χ1) is 6.72. The van der Waals surface area contributed by atoms with Gasteiger partial charge in [0.05, 0.1) is 0 Å². The average Bonchev–Trinajstić information content (AvgIpc) is 2.21. The van der Waals surface area contributed by atoms with Crippen LogP contribution in [0.3, 0.4) is 0 Å². The molecule has 0 spiro atoms. The number of halogens is 1. The molecule has 0 aromatic heterocycles. The Bertz CT molecular complexity index is 283. The third-order valence-electron chi connectivity index (χ3n) is 1.45. The first-order valence-electron chi connectivity index (χ1n) is 4.38. The van der Waals surface area contributed by atoms with Gasteiger partial charge >= 0.3 is 0 Å². The van der Waals surface area contributed by atoms with Crippen molar-refractivity contribution >= 4 is 12.6 Å². The minimum atomic E-state index is -0.284. The average molecular weight is 210 g/mol. The van der Waals surface area contributed by atoms with E-state index < -0.39 is 0 Å². The molecule has 14 heavy (non-hydrogen) atoms. The molecule has 0 radical (unpaired) electrons. The fourth-order valence-electron chi connectivity index (χ4n) is 0.714. The molecule has 76 valence electrons. The highest BCUT2D eigenvalue weighted by Crippen LogP contribution is 2.15. The van der Waals surface area contributed by atoms with Gasteiger partial charge in [0.1, 0.15) is 5.83 Å². The third-order valence-corrected chi connectivity index (χ3v) is 1.92. The Morgan fingerprint density at radius 1 is 1.36 bits per heavy atom. The minimum absolute atomic E-state index is 0.284. The van der Waals surface area contributed by atoms with Gasteiger partial charge in [0.15, 0.2) is 0 Å². The predicted octanol–water partition coefficient (Wildman–Crippen LogP) is 4.36. The number of hydrogen-bond acceptors (Lipinski definition) is 1. The van der Waals surface area contributed by atoms with Gasteiger partial charge in [0.25, 0.3) is 0 Å². The van der Waals surface area contributed by atoms with Crippen LogP contribution in [0.2, 0.25) is 0 Å². The van der Waals surface area contributed by atoms with E-state index in [1.54, 1.807) is 19.1 Å². The summed E-state index contributed by atoms with van der Waals surface area (Å²) in [6.45, 7) is 5.28. The van der Waals surface area contributed by atoms with Crippen molar-refractivity contribution in [3.8, 4) is 0 Å². The van der Waals surface area contributed by atoms with Crippen LogP contribution < -0.4 is 0 Å². The summed E-state index contributed by atoms with van der Waals surface area (Å²) >= 11 is 3.95. The molecule has 0 nitrogen and oxygen atoms in total. The molecule has 0 aliphatic carbocycles. The zero-order chi connectivity index (χ0) is 10.8. The highest BCUT2D eigenvalue weighted by atomic mass is 32.1. The lowest BCUT2D eigenvalue weighted by Crippen LogP contribution is -1.72. The van der Waals surface area contributed by atoms with Gasteiger partial charge in [-0.25, -0.2) is 4.39 Å². The summed E-state index contributed by atoms with van der Waals surface area (Å²) < 4.78 is 13.0. The highest BCUT2D eigenvalue weighted by Gasteiger charge is 1.94. The van der Waals surface area contributed by atoms with Crippen molar-refractivity contribution in [3.63, 3.8) is 0 Å². The van der Waals surface area contributed by atoms with Crippen LogP contribution in [0.1, 0.15) is 13.3 Å². The molecule has 0 fully saturated rings. The van der Waals surface area contributed by atoms with Gasteiger partial charge in [-0.15, -0.1) is 12.6 Å². The van der Waals surface area contributed by atoms with E-state index in [-0.39, 0.29) is 5.83 Å². The molecule has 0 rings (SSSR count).